The predicted octanol–water partition coefficient (Wildman–Crippen LogP) is 2.12. The first-order valence-electron chi connectivity index (χ1n) is 8.90. The van der Waals surface area contributed by atoms with E-state index < -0.39 is 22.1 Å². The van der Waals surface area contributed by atoms with E-state index in [1.165, 1.54) is 38.2 Å². The van der Waals surface area contributed by atoms with Crippen molar-refractivity contribution in [3.63, 3.8) is 0 Å². The second-order valence-corrected chi connectivity index (χ2v) is 8.56. The minimum absolute atomic E-state index is 0.0323. The number of esters is 1. The van der Waals surface area contributed by atoms with E-state index in [9.17, 15) is 18.0 Å². The Balaban J connectivity index is 1.76. The molecule has 2 aromatic carbocycles. The number of nitrogens with zero attached hydrogens (tertiary/aromatic N) is 1. The van der Waals surface area contributed by atoms with Gasteiger partial charge >= 0.3 is 5.97 Å². The van der Waals surface area contributed by atoms with Crippen LogP contribution in [0.15, 0.2) is 53.4 Å². The van der Waals surface area contributed by atoms with E-state index >= 15 is 0 Å². The van der Waals surface area contributed by atoms with Crippen molar-refractivity contribution in [2.75, 3.05) is 11.9 Å². The van der Waals surface area contributed by atoms with Crippen LogP contribution in [0.2, 0.25) is 0 Å². The van der Waals surface area contributed by atoms with Crippen molar-refractivity contribution >= 4 is 27.6 Å². The Kier molecular flexibility index (Phi) is 5.53. The third-order valence-electron chi connectivity index (χ3n) is 4.73. The highest BCUT2D eigenvalue weighted by Gasteiger charge is 2.34. The molecule has 0 aromatic heterocycles. The van der Waals surface area contributed by atoms with Crippen molar-refractivity contribution in [1.29, 1.82) is 0 Å². The zero-order chi connectivity index (χ0) is 20.5. The van der Waals surface area contributed by atoms with E-state index in [0.29, 0.717) is 0 Å². The average Bonchev–Trinajstić information content (AvgIpc) is 3.03. The van der Waals surface area contributed by atoms with E-state index in [-0.39, 0.29) is 22.4 Å². The summed E-state index contributed by atoms with van der Waals surface area (Å²) in [6.07, 6.45) is -0.266. The number of anilines is 1. The number of benzene rings is 2. The second kappa shape index (κ2) is 7.73. The molecule has 148 valence electrons. The van der Waals surface area contributed by atoms with Gasteiger partial charge in [-0.05, 0) is 57.1 Å². The Morgan fingerprint density at radius 1 is 1.18 bits per heavy atom. The van der Waals surface area contributed by atoms with Gasteiger partial charge in [0, 0.05) is 11.7 Å². The van der Waals surface area contributed by atoms with E-state index in [1.54, 1.807) is 4.90 Å². The molecule has 28 heavy (non-hydrogen) atoms. The van der Waals surface area contributed by atoms with Crippen LogP contribution in [0.5, 0.6) is 0 Å². The zero-order valence-corrected chi connectivity index (χ0v) is 16.7. The first-order valence-corrected chi connectivity index (χ1v) is 10.4. The molecular weight excluding hydrogens is 380 g/mol. The highest BCUT2D eigenvalue weighted by atomic mass is 32.2. The highest BCUT2D eigenvalue weighted by Crippen LogP contribution is 2.32. The molecular formula is C20H22N2O5S. The maximum absolute atomic E-state index is 12.9. The van der Waals surface area contributed by atoms with Gasteiger partial charge < -0.3 is 9.64 Å². The van der Waals surface area contributed by atoms with E-state index in [4.69, 9.17) is 4.74 Å². The van der Waals surface area contributed by atoms with Crippen LogP contribution in [-0.4, -0.2) is 39.5 Å². The van der Waals surface area contributed by atoms with Gasteiger partial charge in [0.1, 0.15) is 0 Å². The number of hydrogen-bond acceptors (Lipinski definition) is 5. The van der Waals surface area contributed by atoms with Crippen LogP contribution in [0.4, 0.5) is 5.69 Å². The number of para-hydroxylation sites is 1. The van der Waals surface area contributed by atoms with E-state index in [0.717, 1.165) is 17.7 Å². The molecule has 0 saturated carbocycles. The number of carbonyl (C=O) groups is 2. The predicted molar refractivity (Wildman–Crippen MR) is 105 cm³/mol. The summed E-state index contributed by atoms with van der Waals surface area (Å²) < 4.78 is 31.3. The molecule has 0 saturated heterocycles. The first-order chi connectivity index (χ1) is 13.2. The summed E-state index contributed by atoms with van der Waals surface area (Å²) in [5.41, 5.74) is 1.96. The minimum Gasteiger partial charge on any atom is -0.449 e. The number of amides is 1. The normalized spacial score (nSPS) is 17.1. The van der Waals surface area contributed by atoms with Crippen molar-refractivity contribution in [3.8, 4) is 0 Å². The monoisotopic (exact) mass is 402 g/mol. The third kappa shape index (κ3) is 3.79. The summed E-state index contributed by atoms with van der Waals surface area (Å²) in [7, 11) is -2.40. The molecule has 8 heteroatoms. The van der Waals surface area contributed by atoms with Crippen LogP contribution >= 0.6 is 0 Å². The Labute approximate surface area is 164 Å². The molecule has 2 aromatic rings. The van der Waals surface area contributed by atoms with Gasteiger partial charge in [-0.3, -0.25) is 4.79 Å². The molecule has 3 rings (SSSR count). The number of hydrogen-bond donors (Lipinski definition) is 1. The molecule has 0 unspecified atom stereocenters. The summed E-state index contributed by atoms with van der Waals surface area (Å²) >= 11 is 0. The summed E-state index contributed by atoms with van der Waals surface area (Å²) in [4.78, 5) is 27.0. The summed E-state index contributed by atoms with van der Waals surface area (Å²) in [5, 5.41) is 0. The minimum atomic E-state index is -3.69. The summed E-state index contributed by atoms with van der Waals surface area (Å²) in [5.74, 6) is -1.07. The quantitative estimate of drug-likeness (QED) is 0.774. The van der Waals surface area contributed by atoms with Crippen LogP contribution in [0.3, 0.4) is 0 Å². The van der Waals surface area contributed by atoms with E-state index in [1.807, 2.05) is 31.2 Å². The molecule has 2 atom stereocenters. The largest absolute Gasteiger partial charge is 0.449 e. The van der Waals surface area contributed by atoms with Gasteiger partial charge in [-0.2, -0.15) is 0 Å². The lowest BCUT2D eigenvalue weighted by Crippen LogP contribution is -2.43. The van der Waals surface area contributed by atoms with Crippen LogP contribution in [-0.2, 0) is 26.0 Å². The number of rotatable bonds is 5. The molecule has 0 aliphatic carbocycles. The summed E-state index contributed by atoms with van der Waals surface area (Å²) in [6.45, 7) is 3.46. The van der Waals surface area contributed by atoms with Crippen molar-refractivity contribution in [3.05, 3.63) is 59.7 Å². The molecule has 0 spiro atoms. The van der Waals surface area contributed by atoms with Gasteiger partial charge in [-0.1, -0.05) is 24.3 Å². The molecule has 0 fully saturated rings. The SMILES string of the molecule is CNS(=O)(=O)c1cccc(C(=O)O[C@@H](C)C(=O)N2c3ccccc3C[C@@H]2C)c1. The van der Waals surface area contributed by atoms with E-state index in [2.05, 4.69) is 4.72 Å². The Morgan fingerprint density at radius 3 is 2.61 bits per heavy atom. The molecule has 7 nitrogen and oxygen atoms in total. The lowest BCUT2D eigenvalue weighted by Gasteiger charge is -2.26. The third-order valence-corrected chi connectivity index (χ3v) is 6.14. The lowest BCUT2D eigenvalue weighted by molar-refractivity contribution is -0.126. The fourth-order valence-corrected chi connectivity index (χ4v) is 4.06. The lowest BCUT2D eigenvalue weighted by atomic mass is 10.1. The topological polar surface area (TPSA) is 92.8 Å². The maximum atomic E-state index is 12.9. The molecule has 0 radical (unpaired) electrons. The van der Waals surface area contributed by atoms with Gasteiger partial charge in [0.05, 0.1) is 10.5 Å². The standard InChI is InChI=1S/C20H22N2O5S/c1-13-11-15-7-4-5-10-18(15)22(13)19(23)14(2)27-20(24)16-8-6-9-17(12-16)28(25,26)21-3/h4-10,12-14,21H,11H2,1-3H3/t13-,14-/m0/s1. The van der Waals surface area contributed by atoms with Crippen molar-refractivity contribution in [2.24, 2.45) is 0 Å². The van der Waals surface area contributed by atoms with Gasteiger partial charge in [0.25, 0.3) is 5.91 Å². The van der Waals surface area contributed by atoms with Crippen molar-refractivity contribution < 1.29 is 22.7 Å². The molecule has 1 N–H and O–H groups in total. The Bertz CT molecular complexity index is 1020. The molecule has 0 bridgehead atoms. The average molecular weight is 402 g/mol. The molecule has 1 aliphatic rings. The molecule has 1 amide bonds. The first kappa shape index (κ1) is 20.0. The van der Waals surface area contributed by atoms with Gasteiger partial charge in [-0.15, -0.1) is 0 Å². The Morgan fingerprint density at radius 2 is 1.89 bits per heavy atom. The maximum Gasteiger partial charge on any atom is 0.338 e. The smallest absolute Gasteiger partial charge is 0.338 e. The highest BCUT2D eigenvalue weighted by molar-refractivity contribution is 7.89. The van der Waals surface area contributed by atoms with Gasteiger partial charge in [-0.25, -0.2) is 17.9 Å². The van der Waals surface area contributed by atoms with Gasteiger partial charge in [0.15, 0.2) is 6.10 Å². The van der Waals surface area contributed by atoms with Crippen LogP contribution < -0.4 is 9.62 Å². The number of sulfonamides is 1. The fourth-order valence-electron chi connectivity index (χ4n) is 3.28. The van der Waals surface area contributed by atoms with Crippen LogP contribution in [0.25, 0.3) is 0 Å². The molecule has 1 aliphatic heterocycles. The number of ether oxygens (including phenoxy) is 1. The summed E-state index contributed by atoms with van der Waals surface area (Å²) in [6, 6.07) is 13.1. The van der Waals surface area contributed by atoms with Crippen LogP contribution in [0.1, 0.15) is 29.8 Å². The molecule has 1 heterocycles. The fraction of sp³-hybridized carbons (Fsp3) is 0.300. The zero-order valence-electron chi connectivity index (χ0n) is 15.9. The number of fused-ring (bicyclic) bond motifs is 1. The van der Waals surface area contributed by atoms with Crippen molar-refractivity contribution in [1.82, 2.24) is 4.72 Å². The number of carbonyl (C=O) groups excluding carboxylic acids is 2. The van der Waals surface area contributed by atoms with Gasteiger partial charge in [0.2, 0.25) is 10.0 Å². The van der Waals surface area contributed by atoms with Crippen molar-refractivity contribution in [2.45, 2.75) is 37.3 Å². The number of nitrogens with one attached hydrogen (secondary N) is 1. The second-order valence-electron chi connectivity index (χ2n) is 6.67. The Hall–Kier alpha value is -2.71. The van der Waals surface area contributed by atoms with Crippen LogP contribution in [0, 0.1) is 0 Å².